The van der Waals surface area contributed by atoms with Crippen LogP contribution in [0.15, 0.2) is 48.5 Å². The second kappa shape index (κ2) is 12.3. The number of nitrogens with zero attached hydrogens (tertiary/aromatic N) is 1. The highest BCUT2D eigenvalue weighted by atomic mass is 35.5. The number of benzene rings is 2. The Morgan fingerprint density at radius 1 is 1.10 bits per heavy atom. The third-order valence-corrected chi connectivity index (χ3v) is 4.94. The fourth-order valence-corrected chi connectivity index (χ4v) is 3.17. The van der Waals surface area contributed by atoms with E-state index in [1.54, 1.807) is 24.3 Å². The molecule has 156 valence electrons. The summed E-state index contributed by atoms with van der Waals surface area (Å²) in [4.78, 5) is 22.6. The van der Waals surface area contributed by atoms with Gasteiger partial charge in [0.25, 0.3) is 12.4 Å². The Balaban J connectivity index is 0.000000941. The first-order chi connectivity index (χ1) is 14.0. The summed E-state index contributed by atoms with van der Waals surface area (Å²) in [6.07, 6.45) is 1.02. The zero-order valence-electron chi connectivity index (χ0n) is 15.9. The predicted octanol–water partition coefficient (Wildman–Crippen LogP) is 3.36. The van der Waals surface area contributed by atoms with Crippen molar-refractivity contribution >= 4 is 35.6 Å². The molecule has 0 atom stereocenters. The van der Waals surface area contributed by atoms with Crippen LogP contribution in [-0.4, -0.2) is 55.2 Å². The summed E-state index contributed by atoms with van der Waals surface area (Å²) in [5.74, 6) is 1.06. The van der Waals surface area contributed by atoms with Gasteiger partial charge in [-0.05, 0) is 48.4 Å². The average molecular weight is 439 g/mol. The van der Waals surface area contributed by atoms with Crippen LogP contribution in [0.25, 0.3) is 0 Å². The molecule has 8 heteroatoms. The van der Waals surface area contributed by atoms with Crippen molar-refractivity contribution in [3.05, 3.63) is 64.1 Å². The lowest BCUT2D eigenvalue weighted by atomic mass is 9.99. The van der Waals surface area contributed by atoms with Gasteiger partial charge in [-0.25, -0.2) is 0 Å². The zero-order chi connectivity index (χ0) is 21.1. The molecule has 2 aromatic carbocycles. The number of hydrogen-bond donors (Lipinski definition) is 2. The third-order valence-electron chi connectivity index (χ3n) is 4.43. The standard InChI is InChI=1S/C20H22Cl2N2O2.CH2O2/c21-17-3-1-15(2-4-17)9-10-24-12-16(13-24)11-23-20(25)14-26-19-7-5-18(22)6-8-19;2-1-3/h1-8,16H,9-14H2,(H,23,25);1H,(H,2,3). The van der Waals surface area contributed by atoms with Crippen LogP contribution >= 0.6 is 23.2 Å². The molecule has 0 spiro atoms. The molecule has 0 unspecified atom stereocenters. The molecule has 29 heavy (non-hydrogen) atoms. The predicted molar refractivity (Wildman–Crippen MR) is 114 cm³/mol. The Labute approximate surface area is 180 Å². The second-order valence-corrected chi connectivity index (χ2v) is 7.53. The highest BCUT2D eigenvalue weighted by Crippen LogP contribution is 2.17. The molecule has 1 aliphatic rings. The van der Waals surface area contributed by atoms with Gasteiger partial charge >= 0.3 is 0 Å². The number of nitrogens with one attached hydrogen (secondary N) is 1. The number of ether oxygens (including phenoxy) is 1. The minimum atomic E-state index is -0.250. The molecule has 1 aliphatic heterocycles. The second-order valence-electron chi connectivity index (χ2n) is 6.65. The number of carboxylic acid groups (broad SMARTS) is 1. The molecule has 1 fully saturated rings. The van der Waals surface area contributed by atoms with Crippen LogP contribution in [0.5, 0.6) is 5.75 Å². The number of halogens is 2. The summed E-state index contributed by atoms with van der Waals surface area (Å²) in [6.45, 7) is 3.54. The van der Waals surface area contributed by atoms with E-state index in [9.17, 15) is 4.79 Å². The van der Waals surface area contributed by atoms with Crippen LogP contribution in [0.4, 0.5) is 0 Å². The SMILES string of the molecule is O=C(COc1ccc(Cl)cc1)NCC1CN(CCc2ccc(Cl)cc2)C1.O=CO. The molecule has 0 radical (unpaired) electrons. The van der Waals surface area contributed by atoms with E-state index in [0.29, 0.717) is 23.2 Å². The van der Waals surface area contributed by atoms with Crippen molar-refractivity contribution in [2.75, 3.05) is 32.8 Å². The molecule has 1 heterocycles. The van der Waals surface area contributed by atoms with E-state index < -0.39 is 0 Å². The first-order valence-electron chi connectivity index (χ1n) is 9.20. The van der Waals surface area contributed by atoms with E-state index in [1.165, 1.54) is 5.56 Å². The summed E-state index contributed by atoms with van der Waals surface area (Å²) in [7, 11) is 0. The van der Waals surface area contributed by atoms with E-state index >= 15 is 0 Å². The van der Waals surface area contributed by atoms with Gasteiger partial charge in [-0.1, -0.05) is 35.3 Å². The third kappa shape index (κ3) is 8.73. The molecule has 2 aromatic rings. The monoisotopic (exact) mass is 438 g/mol. The first kappa shape index (κ1) is 23.0. The lowest BCUT2D eigenvalue weighted by Gasteiger charge is -2.39. The quantitative estimate of drug-likeness (QED) is 0.617. The Morgan fingerprint density at radius 2 is 1.66 bits per heavy atom. The molecule has 6 nitrogen and oxygen atoms in total. The van der Waals surface area contributed by atoms with Crippen LogP contribution in [0.1, 0.15) is 5.56 Å². The maximum atomic E-state index is 11.9. The largest absolute Gasteiger partial charge is 0.484 e. The fraction of sp³-hybridized carbons (Fsp3) is 0.333. The lowest BCUT2D eigenvalue weighted by molar-refractivity contribution is -0.124. The topological polar surface area (TPSA) is 78.9 Å². The van der Waals surface area contributed by atoms with Gasteiger partial charge < -0.3 is 20.1 Å². The lowest BCUT2D eigenvalue weighted by Crippen LogP contribution is -2.52. The Kier molecular flexibility index (Phi) is 9.77. The van der Waals surface area contributed by atoms with Crippen molar-refractivity contribution in [2.45, 2.75) is 6.42 Å². The van der Waals surface area contributed by atoms with Crippen LogP contribution in [-0.2, 0) is 16.0 Å². The van der Waals surface area contributed by atoms with Gasteiger partial charge in [-0.3, -0.25) is 9.59 Å². The van der Waals surface area contributed by atoms with Gasteiger partial charge in [-0.15, -0.1) is 0 Å². The smallest absolute Gasteiger partial charge is 0.290 e. The van der Waals surface area contributed by atoms with Crippen molar-refractivity contribution in [1.82, 2.24) is 10.2 Å². The van der Waals surface area contributed by atoms with Gasteiger partial charge in [0, 0.05) is 42.1 Å². The van der Waals surface area contributed by atoms with Gasteiger partial charge in [0.05, 0.1) is 0 Å². The highest BCUT2D eigenvalue weighted by Gasteiger charge is 2.26. The fourth-order valence-electron chi connectivity index (χ4n) is 2.92. The maximum absolute atomic E-state index is 11.9. The number of rotatable bonds is 8. The van der Waals surface area contributed by atoms with Crippen LogP contribution in [0, 0.1) is 5.92 Å². The number of likely N-dealkylation sites (tertiary alicyclic amines) is 1. The number of carbonyl (C=O) groups is 2. The van der Waals surface area contributed by atoms with Gasteiger partial charge in [0.1, 0.15) is 5.75 Å². The van der Waals surface area contributed by atoms with Crippen molar-refractivity contribution in [2.24, 2.45) is 5.92 Å². The summed E-state index contributed by atoms with van der Waals surface area (Å²) in [6, 6.07) is 15.0. The summed E-state index contributed by atoms with van der Waals surface area (Å²) in [5, 5.41) is 11.2. The maximum Gasteiger partial charge on any atom is 0.290 e. The Hall–Kier alpha value is -2.28. The highest BCUT2D eigenvalue weighted by molar-refractivity contribution is 6.30. The molecule has 0 saturated carbocycles. The summed E-state index contributed by atoms with van der Waals surface area (Å²) in [5.41, 5.74) is 1.30. The average Bonchev–Trinajstić information content (AvgIpc) is 2.68. The Morgan fingerprint density at radius 3 is 2.24 bits per heavy atom. The van der Waals surface area contributed by atoms with E-state index in [-0.39, 0.29) is 19.0 Å². The summed E-state index contributed by atoms with van der Waals surface area (Å²) < 4.78 is 5.43. The first-order valence-corrected chi connectivity index (χ1v) is 9.95. The molecule has 0 aliphatic carbocycles. The molecule has 2 N–H and O–H groups in total. The molecule has 0 aromatic heterocycles. The van der Waals surface area contributed by atoms with E-state index in [2.05, 4.69) is 22.3 Å². The number of carbonyl (C=O) groups excluding carboxylic acids is 1. The minimum Gasteiger partial charge on any atom is -0.484 e. The number of amides is 1. The van der Waals surface area contributed by atoms with Crippen molar-refractivity contribution in [3.63, 3.8) is 0 Å². The van der Waals surface area contributed by atoms with Gasteiger partial charge in [0.2, 0.25) is 0 Å². The van der Waals surface area contributed by atoms with E-state index in [1.807, 2.05) is 12.1 Å². The summed E-state index contributed by atoms with van der Waals surface area (Å²) >= 11 is 11.7. The van der Waals surface area contributed by atoms with Gasteiger partial charge in [-0.2, -0.15) is 0 Å². The molecule has 0 bridgehead atoms. The minimum absolute atomic E-state index is 0.0225. The van der Waals surface area contributed by atoms with E-state index in [4.69, 9.17) is 37.8 Å². The van der Waals surface area contributed by atoms with Crippen LogP contribution in [0.2, 0.25) is 10.0 Å². The molecule has 1 saturated heterocycles. The molecule has 1 amide bonds. The van der Waals surface area contributed by atoms with Crippen LogP contribution in [0.3, 0.4) is 0 Å². The van der Waals surface area contributed by atoms with Gasteiger partial charge in [0.15, 0.2) is 6.61 Å². The normalized spacial score (nSPS) is 13.6. The van der Waals surface area contributed by atoms with E-state index in [0.717, 1.165) is 31.1 Å². The van der Waals surface area contributed by atoms with Crippen molar-refractivity contribution < 1.29 is 19.4 Å². The number of hydrogen-bond acceptors (Lipinski definition) is 4. The zero-order valence-corrected chi connectivity index (χ0v) is 17.4. The van der Waals surface area contributed by atoms with Crippen molar-refractivity contribution in [1.29, 1.82) is 0 Å². The molecular weight excluding hydrogens is 415 g/mol. The molecular formula is C21H24Cl2N2O4. The van der Waals surface area contributed by atoms with Crippen LogP contribution < -0.4 is 10.1 Å². The van der Waals surface area contributed by atoms with Crippen molar-refractivity contribution in [3.8, 4) is 5.75 Å². The Bertz CT molecular complexity index is 763. The molecule has 3 rings (SSSR count).